The van der Waals surface area contributed by atoms with Crippen molar-refractivity contribution in [2.45, 2.75) is 44.2 Å². The van der Waals surface area contributed by atoms with Crippen LogP contribution >= 0.6 is 23.5 Å². The molecule has 6 nitrogen and oxygen atoms in total. The van der Waals surface area contributed by atoms with Gasteiger partial charge in [-0.05, 0) is 45.0 Å². The topological polar surface area (TPSA) is 50.6 Å². The molecular weight excluding hydrogens is 501 g/mol. The smallest absolute Gasteiger partial charge is 0.435 e. The van der Waals surface area contributed by atoms with Gasteiger partial charge < -0.3 is 9.64 Å². The van der Waals surface area contributed by atoms with Crippen molar-refractivity contribution in [3.8, 4) is 11.6 Å². The molecule has 0 radical (unpaired) electrons. The van der Waals surface area contributed by atoms with Gasteiger partial charge in [-0.3, -0.25) is 9.10 Å². The molecule has 1 aliphatic heterocycles. The summed E-state index contributed by atoms with van der Waals surface area (Å²) < 4.78 is 48.5. The van der Waals surface area contributed by atoms with E-state index in [1.807, 2.05) is 27.9 Å². The molecule has 1 aromatic carbocycles. The molecule has 3 atom stereocenters. The highest BCUT2D eigenvalue weighted by atomic mass is 35.5. The number of benzene rings is 1. The van der Waals surface area contributed by atoms with E-state index in [2.05, 4.69) is 21.6 Å². The molecule has 1 amide bonds. The Hall–Kier alpha value is -2.17. The fourth-order valence-corrected chi connectivity index (χ4v) is 5.52. The molecule has 3 unspecified atom stereocenters. The molecule has 1 saturated heterocycles. The van der Waals surface area contributed by atoms with E-state index in [9.17, 15) is 18.0 Å². The van der Waals surface area contributed by atoms with Crippen molar-refractivity contribution >= 4 is 29.5 Å². The van der Waals surface area contributed by atoms with E-state index in [-0.39, 0.29) is 35.1 Å². The van der Waals surface area contributed by atoms with Gasteiger partial charge in [-0.1, -0.05) is 61.7 Å². The fraction of sp³-hybridized carbons (Fsp3) is 0.500. The van der Waals surface area contributed by atoms with Gasteiger partial charge in [0.2, 0.25) is 5.88 Å². The van der Waals surface area contributed by atoms with Crippen LogP contribution in [0.2, 0.25) is 5.02 Å². The maximum absolute atomic E-state index is 13.3. The van der Waals surface area contributed by atoms with Crippen molar-refractivity contribution in [1.29, 1.82) is 0 Å². The van der Waals surface area contributed by atoms with Crippen molar-refractivity contribution in [1.82, 2.24) is 19.0 Å². The molecule has 1 fully saturated rings. The minimum absolute atomic E-state index is 0.0145. The molecule has 0 N–H and O–H groups in total. The molecule has 0 saturated carbocycles. The molecule has 35 heavy (non-hydrogen) atoms. The molecule has 1 aliphatic carbocycles. The Balaban J connectivity index is 0.00000167. The Morgan fingerprint density at radius 1 is 1.26 bits per heavy atom. The van der Waals surface area contributed by atoms with Crippen molar-refractivity contribution < 1.29 is 22.7 Å². The number of amides is 1. The third kappa shape index (κ3) is 6.54. The minimum atomic E-state index is -4.66. The second-order valence-electron chi connectivity index (χ2n) is 8.22. The second kappa shape index (κ2) is 11.7. The Labute approximate surface area is 213 Å². The molecule has 2 heterocycles. The lowest BCUT2D eigenvalue weighted by molar-refractivity contribution is -0.141. The van der Waals surface area contributed by atoms with Crippen molar-refractivity contribution in [2.24, 2.45) is 5.92 Å². The van der Waals surface area contributed by atoms with Gasteiger partial charge >= 0.3 is 6.18 Å². The van der Waals surface area contributed by atoms with Gasteiger partial charge in [0.15, 0.2) is 12.3 Å². The van der Waals surface area contributed by atoms with Gasteiger partial charge in [0.25, 0.3) is 5.91 Å². The lowest BCUT2D eigenvalue weighted by Gasteiger charge is -2.31. The van der Waals surface area contributed by atoms with Crippen molar-refractivity contribution in [2.75, 3.05) is 27.2 Å². The zero-order chi connectivity index (χ0) is 25.8. The summed E-state index contributed by atoms with van der Waals surface area (Å²) in [6.45, 7) is 4.21. The van der Waals surface area contributed by atoms with Crippen LogP contribution in [0.15, 0.2) is 42.5 Å². The third-order valence-electron chi connectivity index (χ3n) is 5.70. The molecule has 0 spiro atoms. The van der Waals surface area contributed by atoms with Crippen LogP contribution in [0.4, 0.5) is 13.2 Å². The number of hydrogen-bond donors (Lipinski definition) is 0. The number of fused-ring (bicyclic) bond motifs is 1. The van der Waals surface area contributed by atoms with Crippen LogP contribution in [-0.2, 0) is 11.0 Å². The summed E-state index contributed by atoms with van der Waals surface area (Å²) in [6.07, 6.45) is 1.39. The van der Waals surface area contributed by atoms with Crippen molar-refractivity contribution in [3.63, 3.8) is 0 Å². The average molecular weight is 531 g/mol. The Bertz CT molecular complexity index is 1040. The highest BCUT2D eigenvalue weighted by Gasteiger charge is 2.39. The number of likely N-dealkylation sites (tertiary alicyclic amines) is 1. The molecule has 192 valence electrons. The number of halogens is 4. The van der Waals surface area contributed by atoms with Crippen LogP contribution in [0.3, 0.4) is 0 Å². The van der Waals surface area contributed by atoms with E-state index in [0.29, 0.717) is 17.7 Å². The van der Waals surface area contributed by atoms with E-state index in [4.69, 9.17) is 16.3 Å². The lowest BCUT2D eigenvalue weighted by atomic mass is 9.90. The van der Waals surface area contributed by atoms with Crippen LogP contribution in [0.5, 0.6) is 5.88 Å². The fourth-order valence-electron chi connectivity index (χ4n) is 4.27. The Morgan fingerprint density at radius 2 is 1.97 bits per heavy atom. The largest absolute Gasteiger partial charge is 0.467 e. The standard InChI is InChI=1S/C22H24ClF3N4O2S.C2H6/c1-28(2)33-15-7-8-17-14(11-15)9-10-29(17)20(31)13-32-21-12-19(22(24,25)26)27-30(21)18-6-4-3-5-16(18)23;1-2/h3-8,12,14-15,17H,9-11,13H2,1-2H3;1-2H3. The molecule has 2 aliphatic rings. The lowest BCUT2D eigenvalue weighted by Crippen LogP contribution is -2.41. The predicted octanol–water partition coefficient (Wildman–Crippen LogP) is 5.70. The monoisotopic (exact) mass is 530 g/mol. The van der Waals surface area contributed by atoms with E-state index in [1.54, 1.807) is 35.0 Å². The maximum atomic E-state index is 13.3. The van der Waals surface area contributed by atoms with Gasteiger partial charge in [0.05, 0.1) is 16.8 Å². The van der Waals surface area contributed by atoms with E-state index >= 15 is 0 Å². The summed E-state index contributed by atoms with van der Waals surface area (Å²) in [5.74, 6) is -0.102. The zero-order valence-electron chi connectivity index (χ0n) is 20.1. The first-order valence-electron chi connectivity index (χ1n) is 11.5. The Morgan fingerprint density at radius 3 is 2.63 bits per heavy atom. The van der Waals surface area contributed by atoms with Crippen LogP contribution in [-0.4, -0.2) is 63.4 Å². The summed E-state index contributed by atoms with van der Waals surface area (Å²) in [5.41, 5.74) is -0.885. The molecular formula is C24H30ClF3N4O2S. The predicted molar refractivity (Wildman–Crippen MR) is 133 cm³/mol. The van der Waals surface area contributed by atoms with Gasteiger partial charge in [-0.25, -0.2) is 0 Å². The van der Waals surface area contributed by atoms with Gasteiger partial charge in [0, 0.05) is 17.9 Å². The number of carbonyl (C=O) groups excluding carboxylic acids is 1. The Kier molecular flexibility index (Phi) is 9.17. The van der Waals surface area contributed by atoms with Crippen LogP contribution in [0, 0.1) is 5.92 Å². The summed E-state index contributed by atoms with van der Waals surface area (Å²) in [4.78, 5) is 14.7. The maximum Gasteiger partial charge on any atom is 0.435 e. The normalized spacial score (nSPS) is 21.5. The molecule has 1 aromatic heterocycles. The number of carbonyl (C=O) groups is 1. The van der Waals surface area contributed by atoms with E-state index < -0.39 is 11.9 Å². The molecule has 0 bridgehead atoms. The summed E-state index contributed by atoms with van der Waals surface area (Å²) in [7, 11) is 4.01. The third-order valence-corrected chi connectivity index (χ3v) is 7.06. The van der Waals surface area contributed by atoms with Crippen molar-refractivity contribution in [3.05, 3.63) is 53.2 Å². The van der Waals surface area contributed by atoms with Gasteiger partial charge in [0.1, 0.15) is 0 Å². The average Bonchev–Trinajstić information content (AvgIpc) is 3.43. The second-order valence-corrected chi connectivity index (χ2v) is 10.2. The summed E-state index contributed by atoms with van der Waals surface area (Å²) >= 11 is 7.91. The quantitative estimate of drug-likeness (QED) is 0.354. The highest BCUT2D eigenvalue weighted by Crippen LogP contribution is 2.37. The highest BCUT2D eigenvalue weighted by molar-refractivity contribution is 7.97. The number of hydrogen-bond acceptors (Lipinski definition) is 5. The molecule has 4 rings (SSSR count). The summed E-state index contributed by atoms with van der Waals surface area (Å²) in [5, 5.41) is 4.21. The van der Waals surface area contributed by atoms with E-state index in [0.717, 1.165) is 23.6 Å². The number of para-hydroxylation sites is 1. The van der Waals surface area contributed by atoms with Crippen LogP contribution < -0.4 is 4.74 Å². The van der Waals surface area contributed by atoms with Gasteiger partial charge in [-0.15, -0.1) is 0 Å². The molecule has 11 heteroatoms. The molecule has 2 aromatic rings. The summed E-state index contributed by atoms with van der Waals surface area (Å²) in [6, 6.07) is 7.14. The number of rotatable bonds is 6. The minimum Gasteiger partial charge on any atom is -0.467 e. The van der Waals surface area contributed by atoms with Crippen LogP contribution in [0.25, 0.3) is 5.69 Å². The first kappa shape index (κ1) is 27.4. The first-order valence-corrected chi connectivity index (χ1v) is 12.7. The van der Waals surface area contributed by atoms with E-state index in [1.165, 1.54) is 6.07 Å². The van der Waals surface area contributed by atoms with Crippen LogP contribution in [0.1, 0.15) is 32.4 Å². The SMILES string of the molecule is CC.CN(C)SC1C=CC2C(CCN2C(=O)COc2cc(C(F)(F)F)nn2-c2ccccc2Cl)C1. The number of alkyl halides is 3. The number of aromatic nitrogens is 2. The zero-order valence-corrected chi connectivity index (χ0v) is 21.7. The van der Waals surface area contributed by atoms with Gasteiger partial charge in [-0.2, -0.15) is 23.0 Å². The number of ether oxygens (including phenoxy) is 1. The first-order chi connectivity index (χ1) is 16.6. The number of nitrogens with zero attached hydrogens (tertiary/aromatic N) is 4.